The number of hydrogen-bond donors (Lipinski definition) is 1. The lowest BCUT2D eigenvalue weighted by Gasteiger charge is -2.38. The summed E-state index contributed by atoms with van der Waals surface area (Å²) >= 11 is 7.22. The van der Waals surface area contributed by atoms with Gasteiger partial charge < -0.3 is 5.32 Å². The maximum atomic E-state index is 4.79. The van der Waals surface area contributed by atoms with E-state index in [4.69, 9.17) is 4.99 Å². The Morgan fingerprint density at radius 2 is 2.11 bits per heavy atom. The second-order valence-corrected chi connectivity index (χ2v) is 9.04. The van der Waals surface area contributed by atoms with Crippen LogP contribution in [0, 0.1) is 5.41 Å². The third-order valence-electron chi connectivity index (χ3n) is 4.03. The van der Waals surface area contributed by atoms with Gasteiger partial charge in [-0.3, -0.25) is 4.99 Å². The molecular weight excluding hydrogens is 340 g/mol. The maximum absolute atomic E-state index is 4.79. The molecule has 2 aliphatic rings. The standard InChI is InChI=1S/C14H19BrN2S2/c15-12-5-4-11(19-12)8-16-13-17-9-14(10-18-13)6-2-1-3-7-14/h4-5H,1-3,6-10H2,(H,16,17). The molecule has 2 nitrogen and oxygen atoms in total. The molecule has 0 saturated heterocycles. The molecule has 0 aromatic carbocycles. The highest BCUT2D eigenvalue weighted by atomic mass is 79.9. The van der Waals surface area contributed by atoms with E-state index in [1.165, 1.54) is 46.5 Å². The number of hydrogen-bond acceptors (Lipinski definition) is 4. The van der Waals surface area contributed by atoms with Crippen LogP contribution in [0.2, 0.25) is 0 Å². The lowest BCUT2D eigenvalue weighted by molar-refractivity contribution is 0.232. The molecule has 1 fully saturated rings. The Hall–Kier alpha value is -0.0000000000000000833. The number of thiophene rings is 1. The van der Waals surface area contributed by atoms with Crippen LogP contribution in [0.4, 0.5) is 0 Å². The molecule has 1 spiro atoms. The van der Waals surface area contributed by atoms with Crippen molar-refractivity contribution in [2.75, 3.05) is 12.3 Å². The van der Waals surface area contributed by atoms with E-state index < -0.39 is 0 Å². The molecule has 2 heterocycles. The third kappa shape index (κ3) is 3.56. The van der Waals surface area contributed by atoms with Crippen LogP contribution in [-0.4, -0.2) is 17.5 Å². The quantitative estimate of drug-likeness (QED) is 0.831. The first-order chi connectivity index (χ1) is 9.26. The van der Waals surface area contributed by atoms with Crippen LogP contribution in [0.25, 0.3) is 0 Å². The first kappa shape index (κ1) is 14.0. The fraction of sp³-hybridized carbons (Fsp3) is 0.643. The van der Waals surface area contributed by atoms with E-state index >= 15 is 0 Å². The molecule has 1 aromatic rings. The predicted molar refractivity (Wildman–Crippen MR) is 89.1 cm³/mol. The lowest BCUT2D eigenvalue weighted by atomic mass is 9.75. The fourth-order valence-electron chi connectivity index (χ4n) is 2.87. The van der Waals surface area contributed by atoms with Crippen molar-refractivity contribution < 1.29 is 0 Å². The van der Waals surface area contributed by atoms with Gasteiger partial charge in [0.25, 0.3) is 0 Å². The van der Waals surface area contributed by atoms with Crippen molar-refractivity contribution in [2.24, 2.45) is 10.4 Å². The monoisotopic (exact) mass is 358 g/mol. The molecule has 1 aliphatic carbocycles. The summed E-state index contributed by atoms with van der Waals surface area (Å²) in [6.07, 6.45) is 7.00. The highest BCUT2D eigenvalue weighted by Gasteiger charge is 2.34. The lowest BCUT2D eigenvalue weighted by Crippen LogP contribution is -2.36. The smallest absolute Gasteiger partial charge is 0.156 e. The van der Waals surface area contributed by atoms with Crippen LogP contribution < -0.4 is 5.32 Å². The summed E-state index contributed by atoms with van der Waals surface area (Å²) in [7, 11) is 0. The summed E-state index contributed by atoms with van der Waals surface area (Å²) in [4.78, 5) is 6.14. The minimum Gasteiger partial charge on any atom is -0.360 e. The Bertz CT molecular complexity index is 464. The molecule has 1 aromatic heterocycles. The van der Waals surface area contributed by atoms with Crippen molar-refractivity contribution in [3.8, 4) is 0 Å². The zero-order valence-corrected chi connectivity index (χ0v) is 14.2. The third-order valence-corrected chi connectivity index (χ3v) is 6.96. The first-order valence-corrected chi connectivity index (χ1v) is 9.51. The molecular formula is C14H19BrN2S2. The van der Waals surface area contributed by atoms with Gasteiger partial charge in [0, 0.05) is 17.2 Å². The van der Waals surface area contributed by atoms with Crippen LogP contribution in [0.15, 0.2) is 20.9 Å². The van der Waals surface area contributed by atoms with E-state index in [0.717, 1.165) is 18.3 Å². The molecule has 0 radical (unpaired) electrons. The predicted octanol–water partition coefficient (Wildman–Crippen LogP) is 4.65. The molecule has 1 aliphatic heterocycles. The SMILES string of the molecule is Brc1ccc(CNC2=NCC3(CCCCC3)CS2)s1. The highest BCUT2D eigenvalue weighted by molar-refractivity contribution is 9.11. The Balaban J connectivity index is 1.53. The van der Waals surface area contributed by atoms with Gasteiger partial charge in [0.05, 0.1) is 10.3 Å². The first-order valence-electron chi connectivity index (χ1n) is 6.91. The van der Waals surface area contributed by atoms with Crippen LogP contribution in [0.3, 0.4) is 0 Å². The van der Waals surface area contributed by atoms with Crippen molar-refractivity contribution >= 4 is 44.2 Å². The summed E-state index contributed by atoms with van der Waals surface area (Å²) in [5, 5.41) is 4.62. The van der Waals surface area contributed by atoms with Gasteiger partial charge in [-0.15, -0.1) is 11.3 Å². The van der Waals surface area contributed by atoms with Crippen molar-refractivity contribution in [3.63, 3.8) is 0 Å². The molecule has 0 atom stereocenters. The topological polar surface area (TPSA) is 24.4 Å². The zero-order valence-electron chi connectivity index (χ0n) is 11.0. The molecule has 0 unspecified atom stereocenters. The van der Waals surface area contributed by atoms with Crippen molar-refractivity contribution in [3.05, 3.63) is 20.8 Å². The molecule has 1 saturated carbocycles. The van der Waals surface area contributed by atoms with Gasteiger partial charge in [-0.25, -0.2) is 0 Å². The fourth-order valence-corrected chi connectivity index (χ4v) is 5.45. The minimum absolute atomic E-state index is 0.528. The van der Waals surface area contributed by atoms with E-state index in [1.54, 1.807) is 11.3 Å². The maximum Gasteiger partial charge on any atom is 0.156 e. The Morgan fingerprint density at radius 3 is 2.74 bits per heavy atom. The molecule has 0 amide bonds. The minimum atomic E-state index is 0.528. The Labute approximate surface area is 131 Å². The number of aliphatic imine (C=N–C) groups is 1. The number of nitrogens with zero attached hydrogens (tertiary/aromatic N) is 1. The Morgan fingerprint density at radius 1 is 1.26 bits per heavy atom. The number of halogens is 1. The number of rotatable bonds is 2. The highest BCUT2D eigenvalue weighted by Crippen LogP contribution is 2.41. The van der Waals surface area contributed by atoms with Gasteiger partial charge in [0.1, 0.15) is 0 Å². The van der Waals surface area contributed by atoms with E-state index in [-0.39, 0.29) is 0 Å². The molecule has 104 valence electrons. The van der Waals surface area contributed by atoms with Crippen molar-refractivity contribution in [2.45, 2.75) is 38.6 Å². The Kier molecular flexibility index (Phi) is 4.54. The molecule has 19 heavy (non-hydrogen) atoms. The molecule has 1 N–H and O–H groups in total. The molecule has 0 bridgehead atoms. The van der Waals surface area contributed by atoms with Crippen LogP contribution >= 0.6 is 39.0 Å². The summed E-state index contributed by atoms with van der Waals surface area (Å²) in [5.74, 6) is 1.26. The normalized spacial score (nSPS) is 22.3. The second kappa shape index (κ2) is 6.19. The van der Waals surface area contributed by atoms with Gasteiger partial charge in [0.2, 0.25) is 0 Å². The average molecular weight is 359 g/mol. The van der Waals surface area contributed by atoms with Gasteiger partial charge in [-0.1, -0.05) is 31.0 Å². The van der Waals surface area contributed by atoms with Crippen molar-refractivity contribution in [1.29, 1.82) is 0 Å². The van der Waals surface area contributed by atoms with E-state index in [2.05, 4.69) is 33.4 Å². The number of nitrogens with one attached hydrogen (secondary N) is 1. The van der Waals surface area contributed by atoms with Gasteiger partial charge in [-0.05, 0) is 46.3 Å². The van der Waals surface area contributed by atoms with Gasteiger partial charge in [-0.2, -0.15) is 0 Å². The second-order valence-electron chi connectivity index (χ2n) is 5.53. The average Bonchev–Trinajstić information content (AvgIpc) is 2.85. The number of thioether (sulfide) groups is 1. The van der Waals surface area contributed by atoms with Crippen LogP contribution in [-0.2, 0) is 6.54 Å². The zero-order chi connectivity index (χ0) is 13.1. The van der Waals surface area contributed by atoms with E-state index in [1.807, 2.05) is 11.8 Å². The van der Waals surface area contributed by atoms with Crippen LogP contribution in [0.1, 0.15) is 37.0 Å². The largest absolute Gasteiger partial charge is 0.360 e. The van der Waals surface area contributed by atoms with Gasteiger partial charge >= 0.3 is 0 Å². The van der Waals surface area contributed by atoms with Gasteiger partial charge in [0.15, 0.2) is 5.17 Å². The van der Waals surface area contributed by atoms with Crippen LogP contribution in [0.5, 0.6) is 0 Å². The molecule has 5 heteroatoms. The summed E-state index contributed by atoms with van der Waals surface area (Å²) < 4.78 is 1.20. The van der Waals surface area contributed by atoms with Crippen molar-refractivity contribution in [1.82, 2.24) is 5.32 Å². The van der Waals surface area contributed by atoms with E-state index in [9.17, 15) is 0 Å². The number of amidine groups is 1. The molecule has 3 rings (SSSR count). The summed E-state index contributed by atoms with van der Waals surface area (Å²) in [6.45, 7) is 1.94. The summed E-state index contributed by atoms with van der Waals surface area (Å²) in [5.41, 5.74) is 0.528. The van der Waals surface area contributed by atoms with E-state index in [0.29, 0.717) is 5.41 Å². The summed E-state index contributed by atoms with van der Waals surface area (Å²) in [6, 6.07) is 4.27.